The first-order valence-electron chi connectivity index (χ1n) is 4.41. The average Bonchev–Trinajstić information content (AvgIpc) is 2.56. The van der Waals surface area contributed by atoms with Crippen LogP contribution in [-0.4, -0.2) is 23.3 Å². The number of hydrogen-bond acceptors (Lipinski definition) is 4. The lowest BCUT2D eigenvalue weighted by Gasteiger charge is -2.14. The minimum atomic E-state index is -0.225. The first-order valence-corrected chi connectivity index (χ1v) is 4.85. The maximum Gasteiger partial charge on any atom is 0.318 e. The summed E-state index contributed by atoms with van der Waals surface area (Å²) in [4.78, 5) is 1.98. The second-order valence-corrected chi connectivity index (χ2v) is 3.37. The van der Waals surface area contributed by atoms with Gasteiger partial charge in [0.1, 0.15) is 5.38 Å². The van der Waals surface area contributed by atoms with Crippen molar-refractivity contribution in [2.75, 3.05) is 18.0 Å². The third-order valence-corrected chi connectivity index (χ3v) is 1.99. The highest BCUT2D eigenvalue weighted by Gasteiger charge is 2.14. The molecule has 1 rings (SSSR count). The molecule has 1 atom stereocenters. The fourth-order valence-electron chi connectivity index (χ4n) is 1.01. The van der Waals surface area contributed by atoms with Gasteiger partial charge < -0.3 is 9.32 Å². The molecule has 1 aromatic rings. The molecule has 0 aliphatic heterocycles. The number of halogens is 1. The SMILES string of the molecule is CCN(CC)c1nnc(C(C)Cl)o1. The molecule has 0 aliphatic carbocycles. The Hall–Kier alpha value is -0.770. The highest BCUT2D eigenvalue weighted by atomic mass is 35.5. The minimum Gasteiger partial charge on any atom is -0.406 e. The zero-order chi connectivity index (χ0) is 9.84. The molecule has 0 N–H and O–H groups in total. The zero-order valence-electron chi connectivity index (χ0n) is 8.12. The molecule has 0 fully saturated rings. The van der Waals surface area contributed by atoms with E-state index in [1.165, 1.54) is 0 Å². The van der Waals surface area contributed by atoms with Crippen molar-refractivity contribution in [2.24, 2.45) is 0 Å². The highest BCUT2D eigenvalue weighted by molar-refractivity contribution is 6.20. The van der Waals surface area contributed by atoms with Crippen LogP contribution in [-0.2, 0) is 0 Å². The quantitative estimate of drug-likeness (QED) is 0.704. The van der Waals surface area contributed by atoms with Gasteiger partial charge in [-0.2, -0.15) is 0 Å². The maximum atomic E-state index is 5.79. The Bertz CT molecular complexity index is 258. The molecular weight excluding hydrogens is 190 g/mol. The van der Waals surface area contributed by atoms with Crippen LogP contribution in [0.4, 0.5) is 6.01 Å². The number of rotatable bonds is 4. The standard InChI is InChI=1S/C8H14ClN3O/c1-4-12(5-2)8-11-10-7(13-8)6(3)9/h6H,4-5H2,1-3H3. The normalized spacial score (nSPS) is 12.9. The lowest BCUT2D eigenvalue weighted by molar-refractivity contribution is 0.487. The summed E-state index contributed by atoms with van der Waals surface area (Å²) in [5.74, 6) is 0.476. The van der Waals surface area contributed by atoms with Gasteiger partial charge in [0.15, 0.2) is 0 Å². The lowest BCUT2D eigenvalue weighted by Crippen LogP contribution is -2.22. The second kappa shape index (κ2) is 4.46. The smallest absolute Gasteiger partial charge is 0.318 e. The molecule has 0 spiro atoms. The molecule has 74 valence electrons. The van der Waals surface area contributed by atoms with Gasteiger partial charge in [-0.15, -0.1) is 16.7 Å². The van der Waals surface area contributed by atoms with Crippen molar-refractivity contribution in [3.63, 3.8) is 0 Å². The summed E-state index contributed by atoms with van der Waals surface area (Å²) in [7, 11) is 0. The van der Waals surface area contributed by atoms with Crippen LogP contribution in [0.1, 0.15) is 32.0 Å². The van der Waals surface area contributed by atoms with E-state index >= 15 is 0 Å². The van der Waals surface area contributed by atoms with Crippen molar-refractivity contribution in [1.82, 2.24) is 10.2 Å². The Morgan fingerprint density at radius 1 is 1.38 bits per heavy atom. The molecule has 0 saturated carbocycles. The third kappa shape index (κ3) is 2.34. The predicted octanol–water partition coefficient (Wildman–Crippen LogP) is 2.22. The van der Waals surface area contributed by atoms with Crippen molar-refractivity contribution >= 4 is 17.6 Å². The molecule has 0 amide bonds. The summed E-state index contributed by atoms with van der Waals surface area (Å²) >= 11 is 5.79. The van der Waals surface area contributed by atoms with E-state index in [2.05, 4.69) is 10.2 Å². The first-order chi connectivity index (χ1) is 6.19. The summed E-state index contributed by atoms with van der Waals surface area (Å²) in [6.07, 6.45) is 0. The first kappa shape index (κ1) is 10.3. The molecular formula is C8H14ClN3O. The molecule has 1 unspecified atom stereocenters. The third-order valence-electron chi connectivity index (χ3n) is 1.80. The Balaban J connectivity index is 2.78. The van der Waals surface area contributed by atoms with E-state index in [0.29, 0.717) is 11.9 Å². The fourth-order valence-corrected chi connectivity index (χ4v) is 1.10. The van der Waals surface area contributed by atoms with Crippen LogP contribution in [0.2, 0.25) is 0 Å². The number of aromatic nitrogens is 2. The van der Waals surface area contributed by atoms with E-state index in [9.17, 15) is 0 Å². The van der Waals surface area contributed by atoms with E-state index in [0.717, 1.165) is 13.1 Å². The van der Waals surface area contributed by atoms with Gasteiger partial charge in [0.2, 0.25) is 5.89 Å². The average molecular weight is 204 g/mol. The molecule has 1 aromatic heterocycles. The Labute approximate surface area is 82.9 Å². The molecule has 0 aromatic carbocycles. The topological polar surface area (TPSA) is 42.2 Å². The van der Waals surface area contributed by atoms with Crippen LogP contribution in [0.3, 0.4) is 0 Å². The molecule has 5 heteroatoms. The van der Waals surface area contributed by atoms with Gasteiger partial charge in [-0.1, -0.05) is 5.10 Å². The summed E-state index contributed by atoms with van der Waals surface area (Å²) < 4.78 is 5.36. The number of nitrogens with zero attached hydrogens (tertiary/aromatic N) is 3. The summed E-state index contributed by atoms with van der Waals surface area (Å²) in [5, 5.41) is 7.52. The van der Waals surface area contributed by atoms with Crippen molar-refractivity contribution in [1.29, 1.82) is 0 Å². The van der Waals surface area contributed by atoms with Crippen LogP contribution < -0.4 is 4.90 Å². The van der Waals surface area contributed by atoms with Gasteiger partial charge in [0, 0.05) is 13.1 Å². The Morgan fingerprint density at radius 3 is 2.38 bits per heavy atom. The molecule has 0 bridgehead atoms. The zero-order valence-corrected chi connectivity index (χ0v) is 8.88. The number of alkyl halides is 1. The fraction of sp³-hybridized carbons (Fsp3) is 0.750. The van der Waals surface area contributed by atoms with Crippen molar-refractivity contribution < 1.29 is 4.42 Å². The van der Waals surface area contributed by atoms with Gasteiger partial charge in [0.25, 0.3) is 0 Å². The molecule has 13 heavy (non-hydrogen) atoms. The van der Waals surface area contributed by atoms with Gasteiger partial charge in [-0.05, 0) is 20.8 Å². The van der Waals surface area contributed by atoms with E-state index in [4.69, 9.17) is 16.0 Å². The van der Waals surface area contributed by atoms with E-state index in [-0.39, 0.29) is 5.38 Å². The van der Waals surface area contributed by atoms with Gasteiger partial charge in [0.05, 0.1) is 0 Å². The van der Waals surface area contributed by atoms with Crippen molar-refractivity contribution in [3.8, 4) is 0 Å². The predicted molar refractivity (Wildman–Crippen MR) is 52.1 cm³/mol. The van der Waals surface area contributed by atoms with E-state index in [1.807, 2.05) is 18.7 Å². The molecule has 4 nitrogen and oxygen atoms in total. The van der Waals surface area contributed by atoms with Gasteiger partial charge in [-0.3, -0.25) is 0 Å². The van der Waals surface area contributed by atoms with Crippen LogP contribution >= 0.6 is 11.6 Å². The highest BCUT2D eigenvalue weighted by Crippen LogP contribution is 2.20. The molecule has 0 aliphatic rings. The largest absolute Gasteiger partial charge is 0.406 e. The summed E-state index contributed by atoms with van der Waals surface area (Å²) in [5.41, 5.74) is 0. The monoisotopic (exact) mass is 203 g/mol. The van der Waals surface area contributed by atoms with Crippen LogP contribution in [0, 0.1) is 0 Å². The molecule has 0 radical (unpaired) electrons. The maximum absolute atomic E-state index is 5.79. The Kier molecular flexibility index (Phi) is 3.54. The van der Waals surface area contributed by atoms with E-state index in [1.54, 1.807) is 6.92 Å². The summed E-state index contributed by atoms with van der Waals surface area (Å²) in [6.45, 7) is 7.60. The van der Waals surface area contributed by atoms with Gasteiger partial charge >= 0.3 is 6.01 Å². The van der Waals surface area contributed by atoms with Gasteiger partial charge in [-0.25, -0.2) is 0 Å². The van der Waals surface area contributed by atoms with Crippen molar-refractivity contribution in [3.05, 3.63) is 5.89 Å². The Morgan fingerprint density at radius 2 is 2.00 bits per heavy atom. The minimum absolute atomic E-state index is 0.225. The van der Waals surface area contributed by atoms with Crippen LogP contribution in [0.5, 0.6) is 0 Å². The van der Waals surface area contributed by atoms with Crippen molar-refractivity contribution in [2.45, 2.75) is 26.1 Å². The number of anilines is 1. The molecule has 1 heterocycles. The lowest BCUT2D eigenvalue weighted by atomic mass is 10.5. The summed E-state index contributed by atoms with van der Waals surface area (Å²) in [6, 6.07) is 0.549. The molecule has 0 saturated heterocycles. The van der Waals surface area contributed by atoms with Crippen LogP contribution in [0.25, 0.3) is 0 Å². The second-order valence-electron chi connectivity index (χ2n) is 2.71. The van der Waals surface area contributed by atoms with Crippen LogP contribution in [0.15, 0.2) is 4.42 Å². The number of hydrogen-bond donors (Lipinski definition) is 0. The van der Waals surface area contributed by atoms with E-state index < -0.39 is 0 Å².